The number of ether oxygens (including phenoxy) is 1. The van der Waals surface area contributed by atoms with Crippen molar-refractivity contribution in [2.24, 2.45) is 5.92 Å². The summed E-state index contributed by atoms with van der Waals surface area (Å²) in [5.41, 5.74) is 0.664. The van der Waals surface area contributed by atoms with Gasteiger partial charge in [-0.1, -0.05) is 24.3 Å². The number of sulfonamides is 1. The van der Waals surface area contributed by atoms with Gasteiger partial charge in [0.25, 0.3) is 0 Å². The molecule has 1 amide bonds. The standard InChI is InChI=1S/C20H24N2O4S/c1-2-27(24,25)22-13-11-16(12-14-22)20(23)21-17-7-6-10-19(15-17)26-18-8-4-3-5-9-18/h3-10,15-16H,2,11-14H2,1H3,(H,21,23). The topological polar surface area (TPSA) is 75.7 Å². The fraction of sp³-hybridized carbons (Fsp3) is 0.350. The summed E-state index contributed by atoms with van der Waals surface area (Å²) in [7, 11) is -3.18. The zero-order chi connectivity index (χ0) is 19.3. The van der Waals surface area contributed by atoms with Crippen LogP contribution in [0.5, 0.6) is 11.5 Å². The molecule has 1 fully saturated rings. The molecule has 1 saturated heterocycles. The molecule has 144 valence electrons. The molecule has 2 aromatic rings. The highest BCUT2D eigenvalue weighted by atomic mass is 32.2. The van der Waals surface area contributed by atoms with Crippen LogP contribution in [-0.4, -0.2) is 37.5 Å². The normalized spacial score (nSPS) is 16.0. The molecule has 1 N–H and O–H groups in total. The Morgan fingerprint density at radius 2 is 1.74 bits per heavy atom. The summed E-state index contributed by atoms with van der Waals surface area (Å²) in [6.45, 7) is 2.43. The zero-order valence-electron chi connectivity index (χ0n) is 15.3. The van der Waals surface area contributed by atoms with Crippen molar-refractivity contribution in [3.63, 3.8) is 0 Å². The summed E-state index contributed by atoms with van der Waals surface area (Å²) in [5, 5.41) is 2.92. The lowest BCUT2D eigenvalue weighted by Gasteiger charge is -2.30. The molecular weight excluding hydrogens is 364 g/mol. The highest BCUT2D eigenvalue weighted by molar-refractivity contribution is 7.89. The second kappa shape index (κ2) is 8.54. The number of hydrogen-bond donors (Lipinski definition) is 1. The number of amides is 1. The van der Waals surface area contributed by atoms with Crippen molar-refractivity contribution in [3.8, 4) is 11.5 Å². The average molecular weight is 388 g/mol. The van der Waals surface area contributed by atoms with E-state index in [2.05, 4.69) is 5.32 Å². The largest absolute Gasteiger partial charge is 0.457 e. The first kappa shape index (κ1) is 19.4. The molecule has 6 nitrogen and oxygen atoms in total. The number of nitrogens with zero attached hydrogens (tertiary/aromatic N) is 1. The summed E-state index contributed by atoms with van der Waals surface area (Å²) in [6, 6.07) is 16.7. The van der Waals surface area contributed by atoms with E-state index >= 15 is 0 Å². The number of rotatable bonds is 6. The second-order valence-electron chi connectivity index (χ2n) is 6.51. The molecule has 0 saturated carbocycles. The molecule has 3 rings (SSSR count). The Morgan fingerprint density at radius 1 is 1.07 bits per heavy atom. The maximum absolute atomic E-state index is 12.5. The van der Waals surface area contributed by atoms with E-state index in [1.165, 1.54) is 4.31 Å². The van der Waals surface area contributed by atoms with Crippen molar-refractivity contribution < 1.29 is 17.9 Å². The minimum absolute atomic E-state index is 0.0830. The van der Waals surface area contributed by atoms with E-state index in [1.807, 2.05) is 48.5 Å². The minimum Gasteiger partial charge on any atom is -0.457 e. The Morgan fingerprint density at radius 3 is 2.41 bits per heavy atom. The minimum atomic E-state index is -3.18. The molecule has 7 heteroatoms. The summed E-state index contributed by atoms with van der Waals surface area (Å²) >= 11 is 0. The molecule has 0 atom stereocenters. The third kappa shape index (κ3) is 5.08. The van der Waals surface area contributed by atoms with E-state index < -0.39 is 10.0 Å². The van der Waals surface area contributed by atoms with Gasteiger partial charge in [0.1, 0.15) is 11.5 Å². The molecule has 2 aromatic carbocycles. The van der Waals surface area contributed by atoms with Crippen LogP contribution in [0.2, 0.25) is 0 Å². The quantitative estimate of drug-likeness (QED) is 0.822. The molecule has 0 bridgehead atoms. The second-order valence-corrected chi connectivity index (χ2v) is 8.76. The third-order valence-corrected chi connectivity index (χ3v) is 6.54. The van der Waals surface area contributed by atoms with Crippen LogP contribution in [0.3, 0.4) is 0 Å². The third-order valence-electron chi connectivity index (χ3n) is 4.66. The maximum atomic E-state index is 12.5. The summed E-state index contributed by atoms with van der Waals surface area (Å²) < 4.78 is 31.1. The Hall–Kier alpha value is -2.38. The number of anilines is 1. The van der Waals surface area contributed by atoms with Crippen LogP contribution in [0.25, 0.3) is 0 Å². The van der Waals surface area contributed by atoms with Gasteiger partial charge in [0.05, 0.1) is 5.75 Å². The van der Waals surface area contributed by atoms with Crippen LogP contribution in [0, 0.1) is 5.92 Å². The van der Waals surface area contributed by atoms with Crippen molar-refractivity contribution in [2.45, 2.75) is 19.8 Å². The van der Waals surface area contributed by atoms with Gasteiger partial charge in [-0.05, 0) is 44.0 Å². The van der Waals surface area contributed by atoms with E-state index in [9.17, 15) is 13.2 Å². The van der Waals surface area contributed by atoms with Gasteiger partial charge in [0.15, 0.2) is 0 Å². The Labute approximate surface area is 160 Å². The van der Waals surface area contributed by atoms with E-state index in [0.29, 0.717) is 37.4 Å². The first-order valence-electron chi connectivity index (χ1n) is 9.09. The van der Waals surface area contributed by atoms with Gasteiger partial charge >= 0.3 is 0 Å². The molecular formula is C20H24N2O4S. The summed E-state index contributed by atoms with van der Waals surface area (Å²) in [4.78, 5) is 12.5. The van der Waals surface area contributed by atoms with Crippen LogP contribution in [-0.2, 0) is 14.8 Å². The maximum Gasteiger partial charge on any atom is 0.227 e. The van der Waals surface area contributed by atoms with Crippen LogP contribution in [0.1, 0.15) is 19.8 Å². The summed E-state index contributed by atoms with van der Waals surface area (Å²) in [5.74, 6) is 1.19. The number of nitrogens with one attached hydrogen (secondary N) is 1. The Bertz CT molecular complexity index is 876. The predicted molar refractivity (Wildman–Crippen MR) is 105 cm³/mol. The monoisotopic (exact) mass is 388 g/mol. The molecule has 27 heavy (non-hydrogen) atoms. The van der Waals surface area contributed by atoms with Crippen molar-refractivity contribution >= 4 is 21.6 Å². The fourth-order valence-corrected chi connectivity index (χ4v) is 4.22. The number of hydrogen-bond acceptors (Lipinski definition) is 4. The van der Waals surface area contributed by atoms with Crippen LogP contribution in [0.4, 0.5) is 5.69 Å². The van der Waals surface area contributed by atoms with Crippen molar-refractivity contribution in [1.82, 2.24) is 4.31 Å². The molecule has 0 aliphatic carbocycles. The molecule has 0 aromatic heterocycles. The molecule has 1 heterocycles. The number of benzene rings is 2. The molecule has 0 radical (unpaired) electrons. The number of carbonyl (C=O) groups is 1. The van der Waals surface area contributed by atoms with Crippen LogP contribution >= 0.6 is 0 Å². The smallest absolute Gasteiger partial charge is 0.227 e. The Balaban J connectivity index is 1.58. The van der Waals surface area contributed by atoms with Crippen LogP contribution in [0.15, 0.2) is 54.6 Å². The number of carbonyl (C=O) groups excluding carboxylic acids is 1. The molecule has 0 unspecified atom stereocenters. The van der Waals surface area contributed by atoms with E-state index in [1.54, 1.807) is 13.0 Å². The van der Waals surface area contributed by atoms with Gasteiger partial charge in [-0.3, -0.25) is 4.79 Å². The van der Waals surface area contributed by atoms with E-state index in [4.69, 9.17) is 4.74 Å². The lowest BCUT2D eigenvalue weighted by molar-refractivity contribution is -0.120. The average Bonchev–Trinajstić information content (AvgIpc) is 2.69. The zero-order valence-corrected chi connectivity index (χ0v) is 16.1. The fourth-order valence-electron chi connectivity index (χ4n) is 3.09. The van der Waals surface area contributed by atoms with Crippen molar-refractivity contribution in [2.75, 3.05) is 24.2 Å². The first-order chi connectivity index (χ1) is 13.0. The Kier molecular flexibility index (Phi) is 6.13. The molecule has 1 aliphatic rings. The van der Waals surface area contributed by atoms with Gasteiger partial charge in [-0.2, -0.15) is 0 Å². The van der Waals surface area contributed by atoms with Gasteiger partial charge in [0, 0.05) is 30.8 Å². The molecule has 1 aliphatic heterocycles. The highest BCUT2D eigenvalue weighted by Crippen LogP contribution is 2.25. The van der Waals surface area contributed by atoms with Crippen molar-refractivity contribution in [3.05, 3.63) is 54.6 Å². The van der Waals surface area contributed by atoms with E-state index in [0.717, 1.165) is 5.75 Å². The lowest BCUT2D eigenvalue weighted by Crippen LogP contribution is -2.42. The van der Waals surface area contributed by atoms with Gasteiger partial charge in [-0.25, -0.2) is 12.7 Å². The first-order valence-corrected chi connectivity index (χ1v) is 10.7. The van der Waals surface area contributed by atoms with Crippen LogP contribution < -0.4 is 10.1 Å². The van der Waals surface area contributed by atoms with Crippen molar-refractivity contribution in [1.29, 1.82) is 0 Å². The SMILES string of the molecule is CCS(=O)(=O)N1CCC(C(=O)Nc2cccc(Oc3ccccc3)c2)CC1. The van der Waals surface area contributed by atoms with Gasteiger partial charge in [-0.15, -0.1) is 0 Å². The predicted octanol–water partition coefficient (Wildman–Crippen LogP) is 3.48. The number of para-hydroxylation sites is 1. The lowest BCUT2D eigenvalue weighted by atomic mass is 9.97. The summed E-state index contributed by atoms with van der Waals surface area (Å²) in [6.07, 6.45) is 1.07. The number of piperidine rings is 1. The van der Waals surface area contributed by atoms with E-state index in [-0.39, 0.29) is 17.6 Å². The van der Waals surface area contributed by atoms with Gasteiger partial charge in [0.2, 0.25) is 15.9 Å². The molecule has 0 spiro atoms. The highest BCUT2D eigenvalue weighted by Gasteiger charge is 2.30. The van der Waals surface area contributed by atoms with Gasteiger partial charge < -0.3 is 10.1 Å².